The largest absolute Gasteiger partial charge is 0.296 e. The highest BCUT2D eigenvalue weighted by molar-refractivity contribution is 7.91. The van der Waals surface area contributed by atoms with Crippen molar-refractivity contribution in [3.05, 3.63) is 35.4 Å². The van der Waals surface area contributed by atoms with Crippen LogP contribution in [0.3, 0.4) is 0 Å². The van der Waals surface area contributed by atoms with Crippen molar-refractivity contribution in [2.75, 3.05) is 12.4 Å². The average Bonchev–Trinajstić information content (AvgIpc) is 2.88. The molecule has 0 aliphatic heterocycles. The number of amides is 1. The van der Waals surface area contributed by atoms with E-state index in [1.165, 1.54) is 7.05 Å². The van der Waals surface area contributed by atoms with Crippen molar-refractivity contribution < 1.29 is 13.2 Å². The molecule has 0 atom stereocenters. The zero-order chi connectivity index (χ0) is 14.8. The summed E-state index contributed by atoms with van der Waals surface area (Å²) in [4.78, 5) is 12.0. The van der Waals surface area contributed by atoms with Gasteiger partial charge in [0.2, 0.25) is 9.47 Å². The number of hydrogen-bond acceptors (Lipinski definition) is 6. The lowest BCUT2D eigenvalue weighted by Gasteiger charge is -2.01. The summed E-state index contributed by atoms with van der Waals surface area (Å²) in [5.41, 5.74) is 1.42. The fourth-order valence-corrected chi connectivity index (χ4v) is 3.13. The van der Waals surface area contributed by atoms with Gasteiger partial charge in [0.05, 0.1) is 0 Å². The van der Waals surface area contributed by atoms with Gasteiger partial charge in [0, 0.05) is 5.56 Å². The molecule has 0 spiro atoms. The van der Waals surface area contributed by atoms with Crippen molar-refractivity contribution in [1.82, 2.24) is 14.9 Å². The summed E-state index contributed by atoms with van der Waals surface area (Å²) in [6, 6.07) is 7.02. The fourth-order valence-electron chi connectivity index (χ4n) is 1.41. The molecule has 0 unspecified atom stereocenters. The van der Waals surface area contributed by atoms with E-state index in [0.29, 0.717) is 5.56 Å². The second kappa shape index (κ2) is 5.65. The minimum absolute atomic E-state index is 0.130. The minimum atomic E-state index is -3.64. The molecule has 0 aliphatic rings. The SMILES string of the molecule is CNS(=O)(=O)c1nnc(NC(=O)c2cccc(C)c2)s1. The number of benzene rings is 1. The molecular formula is C11H12N4O3S2. The smallest absolute Gasteiger partial charge is 0.269 e. The third kappa shape index (κ3) is 3.18. The van der Waals surface area contributed by atoms with Gasteiger partial charge in [0.25, 0.3) is 15.9 Å². The van der Waals surface area contributed by atoms with E-state index in [0.717, 1.165) is 16.9 Å². The van der Waals surface area contributed by atoms with Gasteiger partial charge < -0.3 is 0 Å². The first-order chi connectivity index (χ1) is 9.42. The number of sulfonamides is 1. The van der Waals surface area contributed by atoms with E-state index < -0.39 is 10.0 Å². The number of nitrogens with zero attached hydrogens (tertiary/aromatic N) is 2. The Bertz CT molecular complexity index is 740. The Labute approximate surface area is 120 Å². The van der Waals surface area contributed by atoms with Gasteiger partial charge in [-0.25, -0.2) is 13.1 Å². The number of carbonyl (C=O) groups is 1. The maximum atomic E-state index is 12.0. The van der Waals surface area contributed by atoms with Crippen molar-refractivity contribution in [3.63, 3.8) is 0 Å². The summed E-state index contributed by atoms with van der Waals surface area (Å²) < 4.78 is 24.9. The van der Waals surface area contributed by atoms with Crippen LogP contribution in [0.2, 0.25) is 0 Å². The first kappa shape index (κ1) is 14.6. The first-order valence-electron chi connectivity index (χ1n) is 5.57. The zero-order valence-corrected chi connectivity index (χ0v) is 12.4. The molecule has 9 heteroatoms. The molecule has 0 saturated carbocycles. The third-order valence-corrected chi connectivity index (χ3v) is 5.03. The van der Waals surface area contributed by atoms with Crippen LogP contribution in [0.25, 0.3) is 0 Å². The Hall–Kier alpha value is -1.84. The molecule has 7 nitrogen and oxygen atoms in total. The highest BCUT2D eigenvalue weighted by Crippen LogP contribution is 2.20. The van der Waals surface area contributed by atoms with E-state index in [-0.39, 0.29) is 15.4 Å². The molecule has 2 aromatic rings. The predicted molar refractivity (Wildman–Crippen MR) is 75.3 cm³/mol. The van der Waals surface area contributed by atoms with Crippen LogP contribution in [-0.4, -0.2) is 31.6 Å². The Morgan fingerprint density at radius 3 is 2.70 bits per heavy atom. The first-order valence-corrected chi connectivity index (χ1v) is 7.87. The van der Waals surface area contributed by atoms with E-state index in [9.17, 15) is 13.2 Å². The lowest BCUT2D eigenvalue weighted by Crippen LogP contribution is -2.18. The van der Waals surface area contributed by atoms with E-state index in [1.807, 2.05) is 13.0 Å². The monoisotopic (exact) mass is 312 g/mol. The normalized spacial score (nSPS) is 11.3. The Kier molecular flexibility index (Phi) is 4.12. The molecule has 0 radical (unpaired) electrons. The molecule has 2 rings (SSSR count). The van der Waals surface area contributed by atoms with Crippen LogP contribution >= 0.6 is 11.3 Å². The topological polar surface area (TPSA) is 101 Å². The van der Waals surface area contributed by atoms with E-state index >= 15 is 0 Å². The second-order valence-corrected chi connectivity index (χ2v) is 6.94. The number of aromatic nitrogens is 2. The molecule has 2 N–H and O–H groups in total. The van der Waals surface area contributed by atoms with Gasteiger partial charge in [-0.15, -0.1) is 10.2 Å². The van der Waals surface area contributed by atoms with E-state index in [1.54, 1.807) is 18.2 Å². The van der Waals surface area contributed by atoms with Crippen LogP contribution in [0.5, 0.6) is 0 Å². The highest BCUT2D eigenvalue weighted by Gasteiger charge is 2.19. The Balaban J connectivity index is 2.17. The average molecular weight is 312 g/mol. The number of hydrogen-bond donors (Lipinski definition) is 2. The molecule has 106 valence electrons. The summed E-state index contributed by atoms with van der Waals surface area (Å²) in [5.74, 6) is -0.363. The van der Waals surface area contributed by atoms with Gasteiger partial charge in [-0.1, -0.05) is 29.0 Å². The van der Waals surface area contributed by atoms with Gasteiger partial charge in [0.15, 0.2) is 0 Å². The quantitative estimate of drug-likeness (QED) is 0.820. The van der Waals surface area contributed by atoms with Gasteiger partial charge in [-0.05, 0) is 26.1 Å². The second-order valence-electron chi connectivity index (χ2n) is 3.90. The van der Waals surface area contributed by atoms with Gasteiger partial charge in [0.1, 0.15) is 0 Å². The van der Waals surface area contributed by atoms with Crippen LogP contribution in [0.1, 0.15) is 15.9 Å². The standard InChI is InChI=1S/C11H12N4O3S2/c1-7-4-3-5-8(6-7)9(16)13-10-14-15-11(19-10)20(17,18)12-2/h3-6,12H,1-2H3,(H,13,14,16). The molecule has 20 heavy (non-hydrogen) atoms. The molecule has 1 heterocycles. The van der Waals surface area contributed by atoms with Crippen molar-refractivity contribution in [2.24, 2.45) is 0 Å². The Morgan fingerprint density at radius 2 is 2.05 bits per heavy atom. The summed E-state index contributed by atoms with van der Waals surface area (Å²) in [6.45, 7) is 1.87. The summed E-state index contributed by atoms with van der Waals surface area (Å²) in [7, 11) is -2.36. The van der Waals surface area contributed by atoms with Crippen molar-refractivity contribution in [2.45, 2.75) is 11.3 Å². The lowest BCUT2D eigenvalue weighted by molar-refractivity contribution is 0.102. The number of nitrogens with one attached hydrogen (secondary N) is 2. The molecule has 0 aliphatic carbocycles. The molecule has 0 saturated heterocycles. The molecule has 1 amide bonds. The zero-order valence-electron chi connectivity index (χ0n) is 10.7. The van der Waals surface area contributed by atoms with E-state index in [4.69, 9.17) is 0 Å². The molecule has 0 fully saturated rings. The number of rotatable bonds is 4. The van der Waals surface area contributed by atoms with Crippen LogP contribution in [0, 0.1) is 6.92 Å². The lowest BCUT2D eigenvalue weighted by atomic mass is 10.1. The van der Waals surface area contributed by atoms with Crippen LogP contribution in [0.4, 0.5) is 5.13 Å². The van der Waals surface area contributed by atoms with Gasteiger partial charge >= 0.3 is 0 Å². The minimum Gasteiger partial charge on any atom is -0.296 e. The van der Waals surface area contributed by atoms with Crippen molar-refractivity contribution in [1.29, 1.82) is 0 Å². The predicted octanol–water partition coefficient (Wildman–Crippen LogP) is 1.01. The molecule has 1 aromatic carbocycles. The van der Waals surface area contributed by atoms with Crippen LogP contribution in [0.15, 0.2) is 28.6 Å². The van der Waals surface area contributed by atoms with Gasteiger partial charge in [-0.2, -0.15) is 0 Å². The summed E-state index contributed by atoms with van der Waals surface area (Å²) in [6.07, 6.45) is 0. The summed E-state index contributed by atoms with van der Waals surface area (Å²) >= 11 is 0.787. The van der Waals surface area contributed by atoms with Crippen molar-refractivity contribution in [3.8, 4) is 0 Å². The number of carbonyl (C=O) groups excluding carboxylic acids is 1. The Morgan fingerprint density at radius 1 is 1.30 bits per heavy atom. The maximum absolute atomic E-state index is 12.0. The van der Waals surface area contributed by atoms with E-state index in [2.05, 4.69) is 20.2 Å². The molecule has 0 bridgehead atoms. The third-order valence-electron chi connectivity index (χ3n) is 2.41. The maximum Gasteiger partial charge on any atom is 0.269 e. The number of anilines is 1. The number of aryl methyl sites for hydroxylation is 1. The highest BCUT2D eigenvalue weighted by atomic mass is 32.2. The molecule has 1 aromatic heterocycles. The van der Waals surface area contributed by atoms with Crippen LogP contribution < -0.4 is 10.0 Å². The fraction of sp³-hybridized carbons (Fsp3) is 0.182. The molecular weight excluding hydrogens is 300 g/mol. The van der Waals surface area contributed by atoms with Gasteiger partial charge in [-0.3, -0.25) is 10.1 Å². The summed E-state index contributed by atoms with van der Waals surface area (Å²) in [5, 5.41) is 9.81. The van der Waals surface area contributed by atoms with Crippen LogP contribution in [-0.2, 0) is 10.0 Å². The van der Waals surface area contributed by atoms with Crippen molar-refractivity contribution >= 4 is 32.4 Å².